The Bertz CT molecular complexity index is 361. The molecule has 0 radical (unpaired) electrons. The van der Waals surface area contributed by atoms with Crippen LogP contribution in [-0.2, 0) is 9.59 Å². The van der Waals surface area contributed by atoms with Gasteiger partial charge in [-0.25, -0.2) is 0 Å². The van der Waals surface area contributed by atoms with Gasteiger partial charge in [-0.3, -0.25) is 14.5 Å². The average Bonchev–Trinajstić information content (AvgIpc) is 2.56. The van der Waals surface area contributed by atoms with Crippen LogP contribution in [0.3, 0.4) is 0 Å². The summed E-state index contributed by atoms with van der Waals surface area (Å²) in [5.41, 5.74) is 0. The zero-order valence-electron chi connectivity index (χ0n) is 13.7. The van der Waals surface area contributed by atoms with Crippen molar-refractivity contribution in [2.45, 2.75) is 19.3 Å². The van der Waals surface area contributed by atoms with E-state index in [1.54, 1.807) is 0 Å². The Morgan fingerprint density at radius 3 is 2.39 bits per heavy atom. The molecular weight excluding hydrogens is 336 g/mol. The topological polar surface area (TPSA) is 64.7 Å². The van der Waals surface area contributed by atoms with Crippen molar-refractivity contribution in [2.24, 2.45) is 0 Å². The number of thioether (sulfide) groups is 1. The molecule has 0 bridgehead atoms. The number of piperazine rings is 1. The van der Waals surface area contributed by atoms with E-state index in [0.717, 1.165) is 58.7 Å². The molecule has 0 aromatic rings. The molecule has 2 aliphatic rings. The van der Waals surface area contributed by atoms with E-state index in [9.17, 15) is 9.59 Å². The van der Waals surface area contributed by atoms with Gasteiger partial charge in [-0.05, 0) is 19.3 Å². The average molecular weight is 365 g/mol. The van der Waals surface area contributed by atoms with Crippen molar-refractivity contribution >= 4 is 36.0 Å². The number of halogens is 1. The highest BCUT2D eigenvalue weighted by atomic mass is 35.5. The van der Waals surface area contributed by atoms with Gasteiger partial charge >= 0.3 is 0 Å². The Morgan fingerprint density at radius 2 is 1.70 bits per heavy atom. The molecule has 6 nitrogen and oxygen atoms in total. The third-order valence-electron chi connectivity index (χ3n) is 4.13. The van der Waals surface area contributed by atoms with Gasteiger partial charge in [-0.1, -0.05) is 0 Å². The molecular formula is C15H29ClN4O2S. The number of piperidine rings is 1. The first-order chi connectivity index (χ1) is 10.8. The minimum Gasteiger partial charge on any atom is -0.354 e. The van der Waals surface area contributed by atoms with Crippen molar-refractivity contribution in [1.82, 2.24) is 20.4 Å². The van der Waals surface area contributed by atoms with Crippen LogP contribution in [0.2, 0.25) is 0 Å². The number of carbonyl (C=O) groups excluding carboxylic acids is 2. The highest BCUT2D eigenvalue weighted by Gasteiger charge is 2.16. The highest BCUT2D eigenvalue weighted by molar-refractivity contribution is 8.00. The molecule has 2 amide bonds. The number of hydrogen-bond donors (Lipinski definition) is 2. The first-order valence-corrected chi connectivity index (χ1v) is 9.46. The molecule has 134 valence electrons. The zero-order valence-corrected chi connectivity index (χ0v) is 15.4. The van der Waals surface area contributed by atoms with Crippen LogP contribution in [-0.4, -0.2) is 85.5 Å². The van der Waals surface area contributed by atoms with Crippen LogP contribution >= 0.6 is 24.2 Å². The van der Waals surface area contributed by atoms with Gasteiger partial charge in [0.15, 0.2) is 0 Å². The maximum Gasteiger partial charge on any atom is 0.232 e. The number of nitrogens with one attached hydrogen (secondary N) is 2. The van der Waals surface area contributed by atoms with Gasteiger partial charge in [0.1, 0.15) is 0 Å². The van der Waals surface area contributed by atoms with Crippen molar-refractivity contribution in [1.29, 1.82) is 0 Å². The fraction of sp³-hybridized carbons (Fsp3) is 0.867. The predicted octanol–water partition coefficient (Wildman–Crippen LogP) is 0.175. The van der Waals surface area contributed by atoms with Crippen LogP contribution in [0.5, 0.6) is 0 Å². The number of hydrogen-bond acceptors (Lipinski definition) is 5. The second-order valence-electron chi connectivity index (χ2n) is 5.88. The van der Waals surface area contributed by atoms with E-state index < -0.39 is 0 Å². The van der Waals surface area contributed by atoms with E-state index in [-0.39, 0.29) is 24.2 Å². The second kappa shape index (κ2) is 11.9. The van der Waals surface area contributed by atoms with Crippen LogP contribution in [0.4, 0.5) is 0 Å². The lowest BCUT2D eigenvalue weighted by atomic mass is 10.1. The fourth-order valence-electron chi connectivity index (χ4n) is 2.80. The largest absolute Gasteiger partial charge is 0.354 e. The third kappa shape index (κ3) is 8.24. The maximum atomic E-state index is 12.0. The first kappa shape index (κ1) is 20.5. The number of amides is 2. The first-order valence-electron chi connectivity index (χ1n) is 8.31. The molecule has 0 aromatic heterocycles. The van der Waals surface area contributed by atoms with Crippen LogP contribution in [0, 0.1) is 0 Å². The smallest absolute Gasteiger partial charge is 0.232 e. The maximum absolute atomic E-state index is 12.0. The third-order valence-corrected chi connectivity index (χ3v) is 5.04. The lowest BCUT2D eigenvalue weighted by Crippen LogP contribution is -2.46. The molecule has 0 aliphatic carbocycles. The molecule has 2 N–H and O–H groups in total. The van der Waals surface area contributed by atoms with Crippen LogP contribution in [0.15, 0.2) is 0 Å². The molecule has 8 heteroatoms. The number of carbonyl (C=O) groups is 2. The van der Waals surface area contributed by atoms with Gasteiger partial charge in [-0.15, -0.1) is 24.2 Å². The second-order valence-corrected chi connectivity index (χ2v) is 6.86. The van der Waals surface area contributed by atoms with E-state index in [2.05, 4.69) is 15.5 Å². The van der Waals surface area contributed by atoms with E-state index in [0.29, 0.717) is 18.1 Å². The highest BCUT2D eigenvalue weighted by Crippen LogP contribution is 2.11. The summed E-state index contributed by atoms with van der Waals surface area (Å²) in [6.07, 6.45) is 3.46. The lowest BCUT2D eigenvalue weighted by molar-refractivity contribution is -0.129. The molecule has 2 rings (SSSR count). The summed E-state index contributed by atoms with van der Waals surface area (Å²) in [4.78, 5) is 28.0. The van der Waals surface area contributed by atoms with Crippen LogP contribution in [0.25, 0.3) is 0 Å². The zero-order chi connectivity index (χ0) is 15.6. The summed E-state index contributed by atoms with van der Waals surface area (Å²) < 4.78 is 0. The molecule has 0 saturated carbocycles. The monoisotopic (exact) mass is 364 g/mol. The van der Waals surface area contributed by atoms with Gasteiger partial charge in [0.25, 0.3) is 0 Å². The Labute approximate surface area is 149 Å². The van der Waals surface area contributed by atoms with Crippen molar-refractivity contribution in [3.63, 3.8) is 0 Å². The van der Waals surface area contributed by atoms with Crippen molar-refractivity contribution in [2.75, 3.05) is 63.9 Å². The Hall–Kier alpha value is -0.500. The molecule has 0 aromatic carbocycles. The predicted molar refractivity (Wildman–Crippen MR) is 97.3 cm³/mol. The van der Waals surface area contributed by atoms with Crippen molar-refractivity contribution < 1.29 is 9.59 Å². The van der Waals surface area contributed by atoms with Crippen LogP contribution in [0.1, 0.15) is 19.3 Å². The minimum absolute atomic E-state index is 0. The van der Waals surface area contributed by atoms with Gasteiger partial charge in [0, 0.05) is 52.4 Å². The summed E-state index contributed by atoms with van der Waals surface area (Å²) in [5, 5.41) is 6.25. The van der Waals surface area contributed by atoms with E-state index in [4.69, 9.17) is 0 Å². The molecule has 2 saturated heterocycles. The minimum atomic E-state index is 0. The SMILES string of the molecule is Cl.O=C(CSCC(=O)N1CCCCC1)NCCN1CCNCC1. The summed E-state index contributed by atoms with van der Waals surface area (Å²) in [5.74, 6) is 1.01. The lowest BCUT2D eigenvalue weighted by Gasteiger charge is -2.27. The molecule has 0 atom stereocenters. The van der Waals surface area contributed by atoms with Gasteiger partial charge in [-0.2, -0.15) is 0 Å². The van der Waals surface area contributed by atoms with Gasteiger partial charge in [0.2, 0.25) is 11.8 Å². The molecule has 2 heterocycles. The van der Waals surface area contributed by atoms with Crippen LogP contribution < -0.4 is 10.6 Å². The quantitative estimate of drug-likeness (QED) is 0.674. The summed E-state index contributed by atoms with van der Waals surface area (Å²) in [6, 6.07) is 0. The fourth-order valence-corrected chi connectivity index (χ4v) is 3.55. The van der Waals surface area contributed by atoms with Crippen molar-refractivity contribution in [3.05, 3.63) is 0 Å². The Kier molecular flexibility index (Phi) is 10.7. The van der Waals surface area contributed by atoms with E-state index in [1.165, 1.54) is 18.2 Å². The Morgan fingerprint density at radius 1 is 1.00 bits per heavy atom. The summed E-state index contributed by atoms with van der Waals surface area (Å²) in [7, 11) is 0. The molecule has 2 aliphatic heterocycles. The summed E-state index contributed by atoms with van der Waals surface area (Å²) >= 11 is 1.42. The molecule has 2 fully saturated rings. The molecule has 23 heavy (non-hydrogen) atoms. The van der Waals surface area contributed by atoms with E-state index >= 15 is 0 Å². The van der Waals surface area contributed by atoms with E-state index in [1.807, 2.05) is 4.90 Å². The summed E-state index contributed by atoms with van der Waals surface area (Å²) in [6.45, 7) is 7.53. The number of rotatable bonds is 7. The van der Waals surface area contributed by atoms with Crippen molar-refractivity contribution in [3.8, 4) is 0 Å². The normalized spacial score (nSPS) is 19.0. The standard InChI is InChI=1S/C15H28N4O2S.ClH/c20-14(17-6-11-18-9-4-16-5-10-18)12-22-13-15(21)19-7-2-1-3-8-19;/h16H,1-13H2,(H,17,20);1H. The molecule has 0 unspecified atom stereocenters. The Balaban J connectivity index is 0.00000264. The van der Waals surface area contributed by atoms with Gasteiger partial charge < -0.3 is 15.5 Å². The van der Waals surface area contributed by atoms with Gasteiger partial charge in [0.05, 0.1) is 11.5 Å². The molecule has 0 spiro atoms. The number of nitrogens with zero attached hydrogens (tertiary/aromatic N) is 2. The number of likely N-dealkylation sites (tertiary alicyclic amines) is 1.